The Bertz CT molecular complexity index is 728. The van der Waals surface area contributed by atoms with E-state index in [9.17, 15) is 9.59 Å². The molecule has 1 N–H and O–H groups in total. The summed E-state index contributed by atoms with van der Waals surface area (Å²) in [6, 6.07) is 6.09. The second-order valence-corrected chi connectivity index (χ2v) is 5.14. The first-order valence-corrected chi connectivity index (χ1v) is 7.07. The Labute approximate surface area is 137 Å². The van der Waals surface area contributed by atoms with E-state index in [0.29, 0.717) is 16.5 Å². The summed E-state index contributed by atoms with van der Waals surface area (Å²) < 4.78 is 15.0. The van der Waals surface area contributed by atoms with Gasteiger partial charge in [-0.2, -0.15) is 0 Å². The highest BCUT2D eigenvalue weighted by Crippen LogP contribution is 2.23. The van der Waals surface area contributed by atoms with Crippen LogP contribution in [0.2, 0.25) is 5.02 Å². The number of hydrogen-bond acceptors (Lipinski definition) is 6. The van der Waals surface area contributed by atoms with Crippen LogP contribution in [0.15, 0.2) is 28.8 Å². The van der Waals surface area contributed by atoms with Gasteiger partial charge >= 0.3 is 5.97 Å². The minimum absolute atomic E-state index is 0.136. The number of rotatable bonds is 5. The van der Waals surface area contributed by atoms with Gasteiger partial charge in [-0.1, -0.05) is 16.8 Å². The van der Waals surface area contributed by atoms with Gasteiger partial charge in [0.15, 0.2) is 11.9 Å². The molecule has 1 heterocycles. The van der Waals surface area contributed by atoms with Gasteiger partial charge < -0.3 is 19.3 Å². The van der Waals surface area contributed by atoms with Crippen molar-refractivity contribution in [2.75, 3.05) is 12.4 Å². The molecule has 0 radical (unpaired) electrons. The largest absolute Gasteiger partial charge is 0.496 e. The zero-order chi connectivity index (χ0) is 17.0. The molecule has 0 aliphatic carbocycles. The van der Waals surface area contributed by atoms with Crippen molar-refractivity contribution in [1.82, 2.24) is 5.16 Å². The Balaban J connectivity index is 2.04. The van der Waals surface area contributed by atoms with Crippen molar-refractivity contribution < 1.29 is 23.6 Å². The number of ether oxygens (including phenoxy) is 2. The SMILES string of the molecule is COc1ccc(Cl)cc1C(=O)O[C@@H](C)C(=O)Nc1cc(C)on1. The van der Waals surface area contributed by atoms with Gasteiger partial charge in [0.25, 0.3) is 5.91 Å². The Morgan fingerprint density at radius 2 is 2.09 bits per heavy atom. The number of halogens is 1. The summed E-state index contributed by atoms with van der Waals surface area (Å²) >= 11 is 5.87. The molecule has 1 atom stereocenters. The van der Waals surface area contributed by atoms with E-state index >= 15 is 0 Å². The number of anilines is 1. The van der Waals surface area contributed by atoms with Crippen LogP contribution in [0.25, 0.3) is 0 Å². The Hall–Kier alpha value is -2.54. The van der Waals surface area contributed by atoms with Gasteiger partial charge in [-0.25, -0.2) is 4.79 Å². The highest BCUT2D eigenvalue weighted by Gasteiger charge is 2.22. The van der Waals surface area contributed by atoms with E-state index in [1.807, 2.05) is 0 Å². The minimum atomic E-state index is -1.04. The zero-order valence-electron chi connectivity index (χ0n) is 12.8. The molecule has 1 amide bonds. The number of nitrogens with one attached hydrogen (secondary N) is 1. The predicted octanol–water partition coefficient (Wildman–Crippen LogP) is 2.83. The Morgan fingerprint density at radius 3 is 2.70 bits per heavy atom. The topological polar surface area (TPSA) is 90.7 Å². The summed E-state index contributed by atoms with van der Waals surface area (Å²) in [6.07, 6.45) is -1.04. The van der Waals surface area contributed by atoms with Crippen molar-refractivity contribution in [3.63, 3.8) is 0 Å². The van der Waals surface area contributed by atoms with E-state index in [-0.39, 0.29) is 11.4 Å². The third-order valence-electron chi connectivity index (χ3n) is 2.91. The molecule has 1 aromatic carbocycles. The summed E-state index contributed by atoms with van der Waals surface area (Å²) in [5.74, 6) is -0.153. The second-order valence-electron chi connectivity index (χ2n) is 4.70. The van der Waals surface area contributed by atoms with Gasteiger partial charge in [0.1, 0.15) is 17.1 Å². The minimum Gasteiger partial charge on any atom is -0.496 e. The van der Waals surface area contributed by atoms with Crippen LogP contribution >= 0.6 is 11.6 Å². The molecule has 0 aliphatic rings. The number of esters is 1. The van der Waals surface area contributed by atoms with Crippen molar-refractivity contribution in [2.24, 2.45) is 0 Å². The van der Waals surface area contributed by atoms with Crippen molar-refractivity contribution in [3.8, 4) is 5.75 Å². The maximum Gasteiger partial charge on any atom is 0.342 e. The number of aryl methyl sites for hydroxylation is 1. The third kappa shape index (κ3) is 4.23. The first kappa shape index (κ1) is 16.8. The lowest BCUT2D eigenvalue weighted by molar-refractivity contribution is -0.123. The van der Waals surface area contributed by atoms with E-state index < -0.39 is 18.0 Å². The van der Waals surface area contributed by atoms with Crippen LogP contribution in [-0.2, 0) is 9.53 Å². The molecule has 2 aromatic rings. The molecule has 0 saturated heterocycles. The van der Waals surface area contributed by atoms with Crippen molar-refractivity contribution in [1.29, 1.82) is 0 Å². The number of carbonyl (C=O) groups is 2. The first-order valence-electron chi connectivity index (χ1n) is 6.69. The average Bonchev–Trinajstić information content (AvgIpc) is 2.92. The molecule has 0 saturated carbocycles. The fraction of sp³-hybridized carbons (Fsp3) is 0.267. The van der Waals surface area contributed by atoms with Crippen molar-refractivity contribution in [2.45, 2.75) is 20.0 Å². The molecule has 122 valence electrons. The number of amides is 1. The average molecular weight is 339 g/mol. The lowest BCUT2D eigenvalue weighted by Crippen LogP contribution is -2.30. The van der Waals surface area contributed by atoms with Crippen LogP contribution in [0.3, 0.4) is 0 Å². The van der Waals surface area contributed by atoms with Crippen molar-refractivity contribution in [3.05, 3.63) is 40.6 Å². The molecule has 0 bridgehead atoms. The summed E-state index contributed by atoms with van der Waals surface area (Å²) in [7, 11) is 1.42. The second kappa shape index (κ2) is 7.15. The first-order chi connectivity index (χ1) is 10.9. The summed E-state index contributed by atoms with van der Waals surface area (Å²) in [5, 5.41) is 6.47. The normalized spacial score (nSPS) is 11.7. The number of methoxy groups -OCH3 is 1. The highest BCUT2D eigenvalue weighted by atomic mass is 35.5. The lowest BCUT2D eigenvalue weighted by atomic mass is 10.2. The van der Waals surface area contributed by atoms with E-state index in [4.69, 9.17) is 25.6 Å². The maximum absolute atomic E-state index is 12.2. The smallest absolute Gasteiger partial charge is 0.342 e. The number of carbonyl (C=O) groups excluding carboxylic acids is 2. The monoisotopic (exact) mass is 338 g/mol. The van der Waals surface area contributed by atoms with Crippen LogP contribution in [0, 0.1) is 6.92 Å². The highest BCUT2D eigenvalue weighted by molar-refractivity contribution is 6.31. The molecule has 8 heteroatoms. The van der Waals surface area contributed by atoms with Crippen LogP contribution in [0.5, 0.6) is 5.75 Å². The van der Waals surface area contributed by atoms with Gasteiger partial charge in [0, 0.05) is 11.1 Å². The third-order valence-corrected chi connectivity index (χ3v) is 3.15. The molecular weight excluding hydrogens is 324 g/mol. The Kier molecular flexibility index (Phi) is 5.23. The fourth-order valence-electron chi connectivity index (χ4n) is 1.77. The zero-order valence-corrected chi connectivity index (χ0v) is 13.5. The van der Waals surface area contributed by atoms with Gasteiger partial charge in [-0.15, -0.1) is 0 Å². The number of nitrogens with zero attached hydrogens (tertiary/aromatic N) is 1. The van der Waals surface area contributed by atoms with Crippen LogP contribution in [0.4, 0.5) is 5.82 Å². The predicted molar refractivity (Wildman–Crippen MR) is 82.8 cm³/mol. The number of hydrogen-bond donors (Lipinski definition) is 1. The molecular formula is C15H15ClN2O5. The van der Waals surface area contributed by atoms with E-state index in [2.05, 4.69) is 10.5 Å². The molecule has 0 unspecified atom stereocenters. The standard InChI is InChI=1S/C15H15ClN2O5/c1-8-6-13(18-23-8)17-14(19)9(2)22-15(20)11-7-10(16)4-5-12(11)21-3/h4-7,9H,1-3H3,(H,17,18,19)/t9-/m0/s1. The molecule has 2 rings (SSSR count). The van der Waals surface area contributed by atoms with Gasteiger partial charge in [-0.05, 0) is 32.0 Å². The molecule has 7 nitrogen and oxygen atoms in total. The van der Waals surface area contributed by atoms with Gasteiger partial charge in [-0.3, -0.25) is 4.79 Å². The lowest BCUT2D eigenvalue weighted by Gasteiger charge is -2.14. The van der Waals surface area contributed by atoms with Crippen LogP contribution < -0.4 is 10.1 Å². The quantitative estimate of drug-likeness (QED) is 0.843. The van der Waals surface area contributed by atoms with Crippen LogP contribution in [0.1, 0.15) is 23.0 Å². The molecule has 23 heavy (non-hydrogen) atoms. The summed E-state index contributed by atoms with van der Waals surface area (Å²) in [4.78, 5) is 24.2. The molecule has 0 fully saturated rings. The Morgan fingerprint density at radius 1 is 1.35 bits per heavy atom. The molecule has 1 aromatic heterocycles. The van der Waals surface area contributed by atoms with Gasteiger partial charge in [0.2, 0.25) is 0 Å². The summed E-state index contributed by atoms with van der Waals surface area (Å²) in [5.41, 5.74) is 0.136. The fourth-order valence-corrected chi connectivity index (χ4v) is 1.94. The van der Waals surface area contributed by atoms with Crippen LogP contribution in [-0.4, -0.2) is 30.2 Å². The molecule has 0 aliphatic heterocycles. The van der Waals surface area contributed by atoms with Crippen molar-refractivity contribution >= 4 is 29.3 Å². The van der Waals surface area contributed by atoms with E-state index in [1.165, 1.54) is 20.1 Å². The number of benzene rings is 1. The van der Waals surface area contributed by atoms with Gasteiger partial charge in [0.05, 0.1) is 7.11 Å². The summed E-state index contributed by atoms with van der Waals surface area (Å²) in [6.45, 7) is 3.13. The van der Waals surface area contributed by atoms with E-state index in [0.717, 1.165) is 0 Å². The maximum atomic E-state index is 12.2. The van der Waals surface area contributed by atoms with E-state index in [1.54, 1.807) is 25.1 Å². The number of aromatic nitrogens is 1. The molecule has 0 spiro atoms.